The zero-order valence-electron chi connectivity index (χ0n) is 13.1. The minimum absolute atomic E-state index is 0.0222. The Morgan fingerprint density at radius 2 is 2.09 bits per heavy atom. The lowest BCUT2D eigenvalue weighted by Gasteiger charge is -2.24. The molecule has 2 N–H and O–H groups in total. The third-order valence-corrected chi connectivity index (χ3v) is 3.91. The number of rotatable bonds is 4. The molecule has 1 aliphatic heterocycles. The summed E-state index contributed by atoms with van der Waals surface area (Å²) in [4.78, 5) is 27.2. The second kappa shape index (κ2) is 7.26. The first-order chi connectivity index (χ1) is 10.5. The van der Waals surface area contributed by atoms with Crippen LogP contribution >= 0.6 is 0 Å². The minimum Gasteiger partial charge on any atom is -0.445 e. The van der Waals surface area contributed by atoms with Gasteiger partial charge in [-0.05, 0) is 18.9 Å². The van der Waals surface area contributed by atoms with Gasteiger partial charge in [0.2, 0.25) is 5.91 Å². The van der Waals surface area contributed by atoms with Crippen molar-refractivity contribution in [1.82, 2.24) is 9.80 Å². The molecule has 1 fully saturated rings. The molecule has 1 heterocycles. The van der Waals surface area contributed by atoms with E-state index in [2.05, 4.69) is 0 Å². The first kappa shape index (κ1) is 16.3. The van der Waals surface area contributed by atoms with Crippen molar-refractivity contribution >= 4 is 12.0 Å². The monoisotopic (exact) mass is 305 g/mol. The first-order valence-electron chi connectivity index (χ1n) is 7.47. The Kier molecular flexibility index (Phi) is 5.38. The molecule has 2 amide bonds. The summed E-state index contributed by atoms with van der Waals surface area (Å²) < 4.78 is 5.30. The molecular weight excluding hydrogens is 282 g/mol. The molecule has 22 heavy (non-hydrogen) atoms. The van der Waals surface area contributed by atoms with Crippen molar-refractivity contribution in [2.24, 2.45) is 5.73 Å². The number of benzene rings is 1. The molecule has 2 atom stereocenters. The summed E-state index contributed by atoms with van der Waals surface area (Å²) in [7, 11) is 1.71. The lowest BCUT2D eigenvalue weighted by molar-refractivity contribution is -0.131. The van der Waals surface area contributed by atoms with Crippen LogP contribution in [0.4, 0.5) is 4.79 Å². The van der Waals surface area contributed by atoms with Crippen molar-refractivity contribution in [3.05, 3.63) is 35.9 Å². The average Bonchev–Trinajstić information content (AvgIpc) is 3.01. The number of hydrogen-bond acceptors (Lipinski definition) is 4. The van der Waals surface area contributed by atoms with E-state index in [-0.39, 0.29) is 24.6 Å². The van der Waals surface area contributed by atoms with Gasteiger partial charge in [0.1, 0.15) is 6.61 Å². The predicted octanol–water partition coefficient (Wildman–Crippen LogP) is 1.20. The highest BCUT2D eigenvalue weighted by atomic mass is 16.6. The standard InChI is InChI=1S/C16H23N3O3/c1-12(17)15(20)19-9-8-14(10-19)18(2)16(21)22-11-13-6-4-3-5-7-13/h3-7,12,14H,8-11,17H2,1-2H3/t12-,14+/m0/s1. The van der Waals surface area contributed by atoms with Crippen LogP contribution in [0, 0.1) is 0 Å². The third kappa shape index (κ3) is 3.98. The molecule has 0 aliphatic carbocycles. The molecule has 1 aromatic carbocycles. The molecule has 0 bridgehead atoms. The fourth-order valence-electron chi connectivity index (χ4n) is 2.52. The molecule has 6 heteroatoms. The van der Waals surface area contributed by atoms with E-state index in [0.29, 0.717) is 13.1 Å². The van der Waals surface area contributed by atoms with Gasteiger partial charge in [0.05, 0.1) is 12.1 Å². The van der Waals surface area contributed by atoms with Gasteiger partial charge >= 0.3 is 6.09 Å². The van der Waals surface area contributed by atoms with Gasteiger partial charge in [0.25, 0.3) is 0 Å². The zero-order chi connectivity index (χ0) is 16.1. The van der Waals surface area contributed by atoms with Crippen LogP contribution in [0.5, 0.6) is 0 Å². The van der Waals surface area contributed by atoms with Gasteiger partial charge in [-0.3, -0.25) is 4.79 Å². The van der Waals surface area contributed by atoms with E-state index < -0.39 is 6.04 Å². The molecule has 0 spiro atoms. The fourth-order valence-corrected chi connectivity index (χ4v) is 2.52. The maximum atomic E-state index is 12.1. The smallest absolute Gasteiger partial charge is 0.410 e. The van der Waals surface area contributed by atoms with Crippen molar-refractivity contribution in [1.29, 1.82) is 0 Å². The zero-order valence-corrected chi connectivity index (χ0v) is 13.1. The summed E-state index contributed by atoms with van der Waals surface area (Å²) in [5, 5.41) is 0. The van der Waals surface area contributed by atoms with Gasteiger partial charge in [-0.15, -0.1) is 0 Å². The highest BCUT2D eigenvalue weighted by Crippen LogP contribution is 2.16. The molecule has 0 radical (unpaired) electrons. The SMILES string of the molecule is C[C@H](N)C(=O)N1CC[C@@H](N(C)C(=O)OCc2ccccc2)C1. The van der Waals surface area contributed by atoms with E-state index in [1.165, 1.54) is 0 Å². The first-order valence-corrected chi connectivity index (χ1v) is 7.47. The number of ether oxygens (including phenoxy) is 1. The number of amides is 2. The Hall–Kier alpha value is -2.08. The number of nitrogens with zero attached hydrogens (tertiary/aromatic N) is 2. The second-order valence-corrected chi connectivity index (χ2v) is 5.67. The Balaban J connectivity index is 1.83. The average molecular weight is 305 g/mol. The van der Waals surface area contributed by atoms with Gasteiger partial charge in [-0.1, -0.05) is 30.3 Å². The van der Waals surface area contributed by atoms with Crippen LogP contribution in [0.25, 0.3) is 0 Å². The number of hydrogen-bond donors (Lipinski definition) is 1. The van der Waals surface area contributed by atoms with Gasteiger partial charge in [-0.2, -0.15) is 0 Å². The number of likely N-dealkylation sites (N-methyl/N-ethyl adjacent to an activating group) is 1. The van der Waals surface area contributed by atoms with Gasteiger partial charge in [0, 0.05) is 20.1 Å². The van der Waals surface area contributed by atoms with Crippen LogP contribution in [-0.4, -0.2) is 54.0 Å². The summed E-state index contributed by atoms with van der Waals surface area (Å²) >= 11 is 0. The lowest BCUT2D eigenvalue weighted by atomic mass is 10.2. The number of nitrogens with two attached hydrogens (primary N) is 1. The molecule has 1 aromatic rings. The van der Waals surface area contributed by atoms with Crippen LogP contribution in [0.3, 0.4) is 0 Å². The Morgan fingerprint density at radius 1 is 1.41 bits per heavy atom. The molecule has 1 saturated heterocycles. The van der Waals surface area contributed by atoms with E-state index >= 15 is 0 Å². The van der Waals surface area contributed by atoms with Crippen LogP contribution in [-0.2, 0) is 16.1 Å². The van der Waals surface area contributed by atoms with E-state index in [4.69, 9.17) is 10.5 Å². The molecule has 0 saturated carbocycles. The Labute approximate surface area is 130 Å². The van der Waals surface area contributed by atoms with Crippen molar-refractivity contribution in [3.63, 3.8) is 0 Å². The van der Waals surface area contributed by atoms with Gasteiger partial charge < -0.3 is 20.3 Å². The highest BCUT2D eigenvalue weighted by molar-refractivity contribution is 5.81. The molecule has 0 aromatic heterocycles. The van der Waals surface area contributed by atoms with Crippen molar-refractivity contribution in [2.45, 2.75) is 32.0 Å². The Bertz CT molecular complexity index is 519. The maximum Gasteiger partial charge on any atom is 0.410 e. The molecule has 2 rings (SSSR count). The van der Waals surface area contributed by atoms with E-state index in [0.717, 1.165) is 12.0 Å². The summed E-state index contributed by atoms with van der Waals surface area (Å²) in [5.41, 5.74) is 6.56. The summed E-state index contributed by atoms with van der Waals surface area (Å²) in [6.45, 7) is 3.06. The number of carbonyl (C=O) groups excluding carboxylic acids is 2. The molecule has 0 unspecified atom stereocenters. The normalized spacial score (nSPS) is 18.9. The van der Waals surface area contributed by atoms with Crippen LogP contribution in [0.1, 0.15) is 18.9 Å². The van der Waals surface area contributed by atoms with Crippen molar-refractivity contribution < 1.29 is 14.3 Å². The van der Waals surface area contributed by atoms with Crippen LogP contribution in [0.15, 0.2) is 30.3 Å². The molecule has 6 nitrogen and oxygen atoms in total. The van der Waals surface area contributed by atoms with Crippen LogP contribution < -0.4 is 5.73 Å². The number of carbonyl (C=O) groups is 2. The highest BCUT2D eigenvalue weighted by Gasteiger charge is 2.32. The van der Waals surface area contributed by atoms with Crippen molar-refractivity contribution in [2.75, 3.05) is 20.1 Å². The van der Waals surface area contributed by atoms with Gasteiger partial charge in [0.15, 0.2) is 0 Å². The second-order valence-electron chi connectivity index (χ2n) is 5.67. The van der Waals surface area contributed by atoms with E-state index in [1.54, 1.807) is 23.8 Å². The topological polar surface area (TPSA) is 75.9 Å². The fraction of sp³-hybridized carbons (Fsp3) is 0.500. The quantitative estimate of drug-likeness (QED) is 0.907. The largest absolute Gasteiger partial charge is 0.445 e. The van der Waals surface area contributed by atoms with Gasteiger partial charge in [-0.25, -0.2) is 4.79 Å². The molecule has 120 valence electrons. The lowest BCUT2D eigenvalue weighted by Crippen LogP contribution is -2.44. The minimum atomic E-state index is -0.505. The summed E-state index contributed by atoms with van der Waals surface area (Å²) in [6.07, 6.45) is 0.374. The molecular formula is C16H23N3O3. The third-order valence-electron chi connectivity index (χ3n) is 3.91. The predicted molar refractivity (Wildman–Crippen MR) is 83.0 cm³/mol. The molecule has 1 aliphatic rings. The number of likely N-dealkylation sites (tertiary alicyclic amines) is 1. The van der Waals surface area contributed by atoms with Crippen molar-refractivity contribution in [3.8, 4) is 0 Å². The van der Waals surface area contributed by atoms with E-state index in [1.807, 2.05) is 30.3 Å². The summed E-state index contributed by atoms with van der Waals surface area (Å²) in [6, 6.07) is 9.01. The maximum absolute atomic E-state index is 12.1. The van der Waals surface area contributed by atoms with E-state index in [9.17, 15) is 9.59 Å². The Morgan fingerprint density at radius 3 is 2.73 bits per heavy atom. The summed E-state index contributed by atoms with van der Waals surface area (Å²) in [5.74, 6) is -0.0754. The van der Waals surface area contributed by atoms with Crippen LogP contribution in [0.2, 0.25) is 0 Å².